The monoisotopic (exact) mass is 267 g/mol. The number of ketones is 1. The van der Waals surface area contributed by atoms with Crippen LogP contribution in [0.15, 0.2) is 24.5 Å². The van der Waals surface area contributed by atoms with Gasteiger partial charge in [0.15, 0.2) is 0 Å². The molecule has 2 heterocycles. The van der Waals surface area contributed by atoms with E-state index < -0.39 is 0 Å². The van der Waals surface area contributed by atoms with Gasteiger partial charge in [-0.2, -0.15) is 0 Å². The number of hydrogen-bond donors (Lipinski definition) is 0. The second-order valence-electron chi connectivity index (χ2n) is 5.17. The predicted octanol–water partition coefficient (Wildman–Crippen LogP) is 2.20. The van der Waals surface area contributed by atoms with Gasteiger partial charge in [0.2, 0.25) is 5.78 Å². The lowest BCUT2D eigenvalue weighted by Crippen LogP contribution is -2.24. The molecule has 2 aromatic rings. The van der Waals surface area contributed by atoms with Crippen molar-refractivity contribution < 1.29 is 4.79 Å². The van der Waals surface area contributed by atoms with Gasteiger partial charge >= 0.3 is 0 Å². The molecule has 4 heteroatoms. The highest BCUT2D eigenvalue weighted by Gasteiger charge is 2.08. The first kappa shape index (κ1) is 12.7. The first-order valence-electron chi connectivity index (χ1n) is 6.96. The molecule has 0 atom stereocenters. The van der Waals surface area contributed by atoms with Crippen LogP contribution in [-0.2, 0) is 7.05 Å². The van der Waals surface area contributed by atoms with Gasteiger partial charge in [-0.1, -0.05) is 0 Å². The van der Waals surface area contributed by atoms with Crippen LogP contribution in [0, 0.1) is 12.0 Å². The molecule has 1 aromatic heterocycles. The largest absolute Gasteiger partial charge is 0.334 e. The number of carbonyl (C=O) groups is 1. The molecule has 0 amide bonds. The molecule has 1 saturated heterocycles. The maximum absolute atomic E-state index is 12.1. The SMILES string of the molecule is Cn1cnc2cc(C(=O)C#CN3CCCCC3)ccc21. The first-order chi connectivity index (χ1) is 9.74. The number of Topliss-reactive ketones (excluding diaryl/α,β-unsaturated/α-hetero) is 1. The van der Waals surface area contributed by atoms with Gasteiger partial charge in [0.1, 0.15) is 0 Å². The normalized spacial score (nSPS) is 14.9. The summed E-state index contributed by atoms with van der Waals surface area (Å²) in [5.74, 6) is 2.61. The van der Waals surface area contributed by atoms with Crippen LogP contribution in [-0.4, -0.2) is 33.3 Å². The van der Waals surface area contributed by atoms with Crippen molar-refractivity contribution in [3.63, 3.8) is 0 Å². The van der Waals surface area contributed by atoms with Gasteiger partial charge in [-0.3, -0.25) is 4.79 Å². The summed E-state index contributed by atoms with van der Waals surface area (Å²) >= 11 is 0. The van der Waals surface area contributed by atoms with Gasteiger partial charge in [-0.05, 0) is 43.4 Å². The zero-order valence-electron chi connectivity index (χ0n) is 11.6. The summed E-state index contributed by atoms with van der Waals surface area (Å²) < 4.78 is 1.93. The Morgan fingerprint density at radius 3 is 2.85 bits per heavy atom. The van der Waals surface area contributed by atoms with E-state index in [1.165, 1.54) is 19.3 Å². The number of aryl methyl sites for hydroxylation is 1. The summed E-state index contributed by atoms with van der Waals surface area (Å²) in [6.07, 6.45) is 5.35. The van der Waals surface area contributed by atoms with Crippen molar-refractivity contribution in [1.82, 2.24) is 14.5 Å². The molecule has 0 aliphatic carbocycles. The van der Waals surface area contributed by atoms with Crippen molar-refractivity contribution in [2.24, 2.45) is 7.05 Å². The van der Waals surface area contributed by atoms with Crippen molar-refractivity contribution in [2.45, 2.75) is 19.3 Å². The molecular weight excluding hydrogens is 250 g/mol. The molecule has 0 saturated carbocycles. The van der Waals surface area contributed by atoms with Crippen molar-refractivity contribution in [3.05, 3.63) is 30.1 Å². The van der Waals surface area contributed by atoms with Crippen LogP contribution in [0.2, 0.25) is 0 Å². The van der Waals surface area contributed by atoms with Crippen molar-refractivity contribution >= 4 is 16.8 Å². The Morgan fingerprint density at radius 2 is 2.05 bits per heavy atom. The number of fused-ring (bicyclic) bond motifs is 1. The number of imidazole rings is 1. The Bertz CT molecular complexity index is 699. The Morgan fingerprint density at radius 1 is 1.25 bits per heavy atom. The minimum absolute atomic E-state index is 0.136. The van der Waals surface area contributed by atoms with Crippen LogP contribution in [0.5, 0.6) is 0 Å². The van der Waals surface area contributed by atoms with Crippen LogP contribution in [0.3, 0.4) is 0 Å². The highest BCUT2D eigenvalue weighted by atomic mass is 16.1. The molecule has 102 valence electrons. The summed E-state index contributed by atoms with van der Waals surface area (Å²) in [5, 5.41) is 0. The Balaban J connectivity index is 1.79. The zero-order valence-corrected chi connectivity index (χ0v) is 11.6. The van der Waals surface area contributed by atoms with Crippen LogP contribution in [0.4, 0.5) is 0 Å². The number of piperidine rings is 1. The van der Waals surface area contributed by atoms with Crippen LogP contribution in [0.25, 0.3) is 11.0 Å². The molecule has 20 heavy (non-hydrogen) atoms. The van der Waals surface area contributed by atoms with Crippen molar-refractivity contribution in [3.8, 4) is 12.0 Å². The number of nitrogens with zero attached hydrogens (tertiary/aromatic N) is 3. The van der Waals surface area contributed by atoms with Gasteiger partial charge in [-0.15, -0.1) is 0 Å². The van der Waals surface area contributed by atoms with Gasteiger partial charge in [-0.25, -0.2) is 4.98 Å². The molecule has 1 aliphatic heterocycles. The lowest BCUT2D eigenvalue weighted by Gasteiger charge is -2.21. The second kappa shape index (κ2) is 5.38. The second-order valence-corrected chi connectivity index (χ2v) is 5.17. The van der Waals surface area contributed by atoms with Gasteiger partial charge < -0.3 is 9.47 Å². The number of carbonyl (C=O) groups excluding carboxylic acids is 1. The van der Waals surface area contributed by atoms with E-state index in [2.05, 4.69) is 16.9 Å². The fourth-order valence-corrected chi connectivity index (χ4v) is 2.49. The molecule has 1 aliphatic rings. The number of hydrogen-bond acceptors (Lipinski definition) is 3. The van der Waals surface area contributed by atoms with E-state index in [0.717, 1.165) is 24.1 Å². The summed E-state index contributed by atoms with van der Waals surface area (Å²) in [7, 11) is 1.94. The topological polar surface area (TPSA) is 38.1 Å². The fourth-order valence-electron chi connectivity index (χ4n) is 2.49. The maximum Gasteiger partial charge on any atom is 0.237 e. The minimum atomic E-state index is -0.136. The molecular formula is C16H17N3O. The van der Waals surface area contributed by atoms with Crippen LogP contribution < -0.4 is 0 Å². The third-order valence-corrected chi connectivity index (χ3v) is 3.67. The summed E-state index contributed by atoms with van der Waals surface area (Å²) in [4.78, 5) is 18.4. The van der Waals surface area contributed by atoms with E-state index in [4.69, 9.17) is 0 Å². The molecule has 4 nitrogen and oxygen atoms in total. The van der Waals surface area contributed by atoms with E-state index in [1.54, 1.807) is 6.33 Å². The molecule has 0 unspecified atom stereocenters. The van der Waals surface area contributed by atoms with Gasteiger partial charge in [0.05, 0.1) is 17.4 Å². The molecule has 3 rings (SSSR count). The standard InChI is InChI=1S/C16H17N3O/c1-18-12-17-14-11-13(5-6-15(14)18)16(20)7-10-19-8-3-2-4-9-19/h5-6,11-12H,2-4,8-9H2,1H3. The van der Waals surface area contributed by atoms with Crippen LogP contribution >= 0.6 is 0 Å². The highest BCUT2D eigenvalue weighted by molar-refractivity contribution is 6.10. The third kappa shape index (κ3) is 2.53. The molecule has 0 spiro atoms. The van der Waals surface area contributed by atoms with E-state index in [1.807, 2.05) is 34.7 Å². The Hall–Kier alpha value is -2.28. The minimum Gasteiger partial charge on any atom is -0.334 e. The number of likely N-dealkylation sites (tertiary alicyclic amines) is 1. The number of aromatic nitrogens is 2. The Kier molecular flexibility index (Phi) is 3.42. The highest BCUT2D eigenvalue weighted by Crippen LogP contribution is 2.14. The molecule has 1 fully saturated rings. The average molecular weight is 267 g/mol. The number of rotatable bonds is 1. The maximum atomic E-state index is 12.1. The zero-order chi connectivity index (χ0) is 13.9. The predicted molar refractivity (Wildman–Crippen MR) is 78.2 cm³/mol. The van der Waals surface area contributed by atoms with E-state index in [9.17, 15) is 4.79 Å². The van der Waals surface area contributed by atoms with Crippen molar-refractivity contribution in [1.29, 1.82) is 0 Å². The number of benzene rings is 1. The Labute approximate surface area is 118 Å². The first-order valence-corrected chi connectivity index (χ1v) is 6.96. The fraction of sp³-hybridized carbons (Fsp3) is 0.375. The average Bonchev–Trinajstić information content (AvgIpc) is 2.87. The van der Waals surface area contributed by atoms with E-state index >= 15 is 0 Å². The third-order valence-electron chi connectivity index (χ3n) is 3.67. The molecule has 0 bridgehead atoms. The van der Waals surface area contributed by atoms with Crippen LogP contribution in [0.1, 0.15) is 29.6 Å². The van der Waals surface area contributed by atoms with Crippen molar-refractivity contribution in [2.75, 3.05) is 13.1 Å². The smallest absolute Gasteiger partial charge is 0.237 e. The molecule has 0 N–H and O–H groups in total. The quantitative estimate of drug-likeness (QED) is 0.587. The molecule has 1 aromatic carbocycles. The summed E-state index contributed by atoms with van der Waals surface area (Å²) in [6, 6.07) is 8.52. The van der Waals surface area contributed by atoms with Gasteiger partial charge in [0.25, 0.3) is 0 Å². The van der Waals surface area contributed by atoms with E-state index in [-0.39, 0.29) is 5.78 Å². The van der Waals surface area contributed by atoms with Gasteiger partial charge in [0, 0.05) is 31.7 Å². The molecule has 0 radical (unpaired) electrons. The lowest BCUT2D eigenvalue weighted by atomic mass is 10.1. The lowest BCUT2D eigenvalue weighted by molar-refractivity contribution is 0.105. The summed E-state index contributed by atoms with van der Waals surface area (Å²) in [5.41, 5.74) is 2.46. The van der Waals surface area contributed by atoms with E-state index in [0.29, 0.717) is 5.56 Å². The summed E-state index contributed by atoms with van der Waals surface area (Å²) in [6.45, 7) is 1.94.